The molecule has 1 aromatic heterocycles. The van der Waals surface area contributed by atoms with Crippen LogP contribution in [0, 0.1) is 5.92 Å². The zero-order valence-electron chi connectivity index (χ0n) is 11.8. The minimum Gasteiger partial charge on any atom is -0.481 e. The van der Waals surface area contributed by atoms with E-state index in [9.17, 15) is 9.59 Å². The minimum absolute atomic E-state index is 0.0479. The molecule has 1 unspecified atom stereocenters. The molecular weight excluding hydrogens is 258 g/mol. The highest BCUT2D eigenvalue weighted by molar-refractivity contribution is 5.66. The van der Waals surface area contributed by atoms with Crippen molar-refractivity contribution in [1.29, 1.82) is 0 Å². The third-order valence-electron chi connectivity index (χ3n) is 3.71. The maximum atomic E-state index is 12.3. The highest BCUT2D eigenvalue weighted by Crippen LogP contribution is 2.23. The summed E-state index contributed by atoms with van der Waals surface area (Å²) in [5, 5.41) is 8.72. The fourth-order valence-electron chi connectivity index (χ4n) is 2.66. The third kappa shape index (κ3) is 3.37. The van der Waals surface area contributed by atoms with E-state index >= 15 is 0 Å². The first-order valence-corrected chi connectivity index (χ1v) is 7.14. The van der Waals surface area contributed by atoms with Crippen LogP contribution in [0.5, 0.6) is 0 Å². The van der Waals surface area contributed by atoms with E-state index in [-0.39, 0.29) is 12.0 Å². The summed E-state index contributed by atoms with van der Waals surface area (Å²) in [5.41, 5.74) is -0.0479. The lowest BCUT2D eigenvalue weighted by Crippen LogP contribution is -2.31. The molecule has 1 aliphatic heterocycles. The number of anilines is 1. The number of carbonyl (C=O) groups is 1. The Kier molecular flexibility index (Phi) is 4.76. The van der Waals surface area contributed by atoms with E-state index in [1.807, 2.05) is 11.8 Å². The van der Waals surface area contributed by atoms with Gasteiger partial charge in [-0.05, 0) is 25.2 Å². The molecule has 1 aromatic rings. The summed E-state index contributed by atoms with van der Waals surface area (Å²) in [6, 6.07) is 0. The highest BCUT2D eigenvalue weighted by Gasteiger charge is 2.25. The van der Waals surface area contributed by atoms with Crippen LogP contribution in [0.2, 0.25) is 0 Å². The molecule has 0 bridgehead atoms. The Morgan fingerprint density at radius 2 is 2.35 bits per heavy atom. The lowest BCUT2D eigenvalue weighted by Gasteiger charge is -2.17. The van der Waals surface area contributed by atoms with Crippen LogP contribution in [-0.4, -0.2) is 33.7 Å². The van der Waals surface area contributed by atoms with Crippen molar-refractivity contribution in [3.63, 3.8) is 0 Å². The van der Waals surface area contributed by atoms with E-state index in [0.29, 0.717) is 24.7 Å². The van der Waals surface area contributed by atoms with Crippen molar-refractivity contribution in [3.8, 4) is 0 Å². The van der Waals surface area contributed by atoms with E-state index in [1.54, 1.807) is 17.0 Å². The van der Waals surface area contributed by atoms with E-state index in [4.69, 9.17) is 5.11 Å². The number of carboxylic acid groups (broad SMARTS) is 1. The van der Waals surface area contributed by atoms with Crippen LogP contribution in [-0.2, 0) is 11.3 Å². The molecule has 0 spiro atoms. The molecule has 20 heavy (non-hydrogen) atoms. The molecule has 0 radical (unpaired) electrons. The molecule has 1 saturated heterocycles. The average Bonchev–Trinajstić information content (AvgIpc) is 2.88. The molecular formula is C14H21N3O3. The first kappa shape index (κ1) is 14.6. The SMILES string of the molecule is CCCn1ccnc(N2CCC(CCC(=O)O)C2)c1=O. The molecule has 1 N–H and O–H groups in total. The lowest BCUT2D eigenvalue weighted by atomic mass is 10.0. The van der Waals surface area contributed by atoms with E-state index in [1.165, 1.54) is 0 Å². The second kappa shape index (κ2) is 6.54. The van der Waals surface area contributed by atoms with Crippen molar-refractivity contribution in [2.24, 2.45) is 5.92 Å². The molecule has 1 fully saturated rings. The maximum absolute atomic E-state index is 12.3. The van der Waals surface area contributed by atoms with Gasteiger partial charge in [-0.15, -0.1) is 0 Å². The molecule has 6 nitrogen and oxygen atoms in total. The van der Waals surface area contributed by atoms with Gasteiger partial charge in [-0.1, -0.05) is 6.92 Å². The Hall–Kier alpha value is -1.85. The Labute approximate surface area is 118 Å². The molecule has 0 saturated carbocycles. The fraction of sp³-hybridized carbons (Fsp3) is 0.643. The molecule has 0 aliphatic carbocycles. The number of hydrogen-bond donors (Lipinski definition) is 1. The normalized spacial score (nSPS) is 18.4. The summed E-state index contributed by atoms with van der Waals surface area (Å²) in [6.45, 7) is 4.24. The predicted octanol–water partition coefficient (Wildman–Crippen LogP) is 1.34. The Balaban J connectivity index is 2.04. The van der Waals surface area contributed by atoms with Crippen LogP contribution in [0.15, 0.2) is 17.2 Å². The van der Waals surface area contributed by atoms with E-state index < -0.39 is 5.97 Å². The van der Waals surface area contributed by atoms with Gasteiger partial charge in [-0.3, -0.25) is 9.59 Å². The van der Waals surface area contributed by atoms with Crippen LogP contribution in [0.4, 0.5) is 5.82 Å². The molecule has 0 aromatic carbocycles. The Bertz CT molecular complexity index is 527. The second-order valence-corrected chi connectivity index (χ2v) is 5.28. The van der Waals surface area contributed by atoms with Crippen molar-refractivity contribution >= 4 is 11.8 Å². The number of rotatable bonds is 6. The van der Waals surface area contributed by atoms with Gasteiger partial charge in [-0.25, -0.2) is 4.98 Å². The van der Waals surface area contributed by atoms with Gasteiger partial charge in [0, 0.05) is 38.4 Å². The standard InChI is InChI=1S/C14H21N3O3/c1-2-7-16-9-6-15-13(14(16)20)17-8-5-11(10-17)3-4-12(18)19/h6,9,11H,2-5,7-8,10H2,1H3,(H,18,19). The molecule has 2 heterocycles. The summed E-state index contributed by atoms with van der Waals surface area (Å²) in [5.74, 6) is 0.0810. The van der Waals surface area contributed by atoms with Crippen molar-refractivity contribution in [2.45, 2.75) is 39.2 Å². The van der Waals surface area contributed by atoms with Gasteiger partial charge >= 0.3 is 5.97 Å². The monoisotopic (exact) mass is 279 g/mol. The number of aryl methyl sites for hydroxylation is 1. The largest absolute Gasteiger partial charge is 0.481 e. The summed E-state index contributed by atoms with van der Waals surface area (Å²) >= 11 is 0. The fourth-order valence-corrected chi connectivity index (χ4v) is 2.66. The number of hydrogen-bond acceptors (Lipinski definition) is 4. The average molecular weight is 279 g/mol. The zero-order chi connectivity index (χ0) is 14.5. The molecule has 2 rings (SSSR count). The smallest absolute Gasteiger partial charge is 0.303 e. The van der Waals surface area contributed by atoms with Gasteiger partial charge in [-0.2, -0.15) is 0 Å². The van der Waals surface area contributed by atoms with Crippen LogP contribution in [0.25, 0.3) is 0 Å². The second-order valence-electron chi connectivity index (χ2n) is 5.28. The number of aromatic nitrogens is 2. The first-order chi connectivity index (χ1) is 9.61. The maximum Gasteiger partial charge on any atom is 0.303 e. The molecule has 1 aliphatic rings. The highest BCUT2D eigenvalue weighted by atomic mass is 16.4. The van der Waals surface area contributed by atoms with E-state index in [2.05, 4.69) is 4.98 Å². The zero-order valence-corrected chi connectivity index (χ0v) is 11.8. The third-order valence-corrected chi connectivity index (χ3v) is 3.71. The molecule has 0 amide bonds. The molecule has 1 atom stereocenters. The summed E-state index contributed by atoms with van der Waals surface area (Å²) in [6.07, 6.45) is 6.08. The van der Waals surface area contributed by atoms with Crippen LogP contribution in [0.3, 0.4) is 0 Å². The van der Waals surface area contributed by atoms with Crippen molar-refractivity contribution in [1.82, 2.24) is 9.55 Å². The van der Waals surface area contributed by atoms with Crippen LogP contribution < -0.4 is 10.5 Å². The summed E-state index contributed by atoms with van der Waals surface area (Å²) < 4.78 is 1.69. The van der Waals surface area contributed by atoms with Crippen molar-refractivity contribution < 1.29 is 9.90 Å². The van der Waals surface area contributed by atoms with Gasteiger partial charge in [0.2, 0.25) is 0 Å². The van der Waals surface area contributed by atoms with Gasteiger partial charge in [0.15, 0.2) is 5.82 Å². The van der Waals surface area contributed by atoms with E-state index in [0.717, 1.165) is 25.9 Å². The molecule has 110 valence electrons. The van der Waals surface area contributed by atoms with Crippen LogP contribution >= 0.6 is 0 Å². The number of aliphatic carboxylic acids is 1. The summed E-state index contributed by atoms with van der Waals surface area (Å²) in [4.78, 5) is 29.1. The van der Waals surface area contributed by atoms with Gasteiger partial charge in [0.25, 0.3) is 5.56 Å². The van der Waals surface area contributed by atoms with Crippen molar-refractivity contribution in [3.05, 3.63) is 22.7 Å². The first-order valence-electron chi connectivity index (χ1n) is 7.14. The van der Waals surface area contributed by atoms with Gasteiger partial charge in [0.05, 0.1) is 0 Å². The Morgan fingerprint density at radius 3 is 3.05 bits per heavy atom. The summed E-state index contributed by atoms with van der Waals surface area (Å²) in [7, 11) is 0. The van der Waals surface area contributed by atoms with Crippen molar-refractivity contribution in [2.75, 3.05) is 18.0 Å². The predicted molar refractivity (Wildman–Crippen MR) is 76.0 cm³/mol. The number of carboxylic acids is 1. The Morgan fingerprint density at radius 1 is 1.55 bits per heavy atom. The van der Waals surface area contributed by atoms with Crippen LogP contribution in [0.1, 0.15) is 32.6 Å². The minimum atomic E-state index is -0.758. The lowest BCUT2D eigenvalue weighted by molar-refractivity contribution is -0.137. The quantitative estimate of drug-likeness (QED) is 0.850. The number of nitrogens with zero attached hydrogens (tertiary/aromatic N) is 3. The molecule has 6 heteroatoms. The van der Waals surface area contributed by atoms with Gasteiger partial charge < -0.3 is 14.6 Å². The van der Waals surface area contributed by atoms with Gasteiger partial charge in [0.1, 0.15) is 0 Å². The topological polar surface area (TPSA) is 75.4 Å².